The predicted molar refractivity (Wildman–Crippen MR) is 133 cm³/mol. The molecule has 0 radical (unpaired) electrons. The summed E-state index contributed by atoms with van der Waals surface area (Å²) in [5, 5.41) is 2.91. The smallest absolute Gasteiger partial charge is 0.243 e. The number of carbonyl (C=O) groups is 2. The van der Waals surface area contributed by atoms with E-state index in [-0.39, 0.29) is 47.7 Å². The van der Waals surface area contributed by atoms with Crippen molar-refractivity contribution in [2.45, 2.75) is 50.0 Å². The summed E-state index contributed by atoms with van der Waals surface area (Å²) in [6.07, 6.45) is 3.44. The summed E-state index contributed by atoms with van der Waals surface area (Å²) in [5.41, 5.74) is 2.34. The number of ether oxygens (including phenoxy) is 1. The van der Waals surface area contributed by atoms with Crippen molar-refractivity contribution in [3.8, 4) is 5.75 Å². The number of nitrogens with zero attached hydrogens (tertiary/aromatic N) is 2. The van der Waals surface area contributed by atoms with E-state index >= 15 is 0 Å². The average molecular weight is 498 g/mol. The van der Waals surface area contributed by atoms with Crippen LogP contribution in [0.3, 0.4) is 0 Å². The van der Waals surface area contributed by atoms with E-state index in [1.165, 1.54) is 4.31 Å². The summed E-state index contributed by atoms with van der Waals surface area (Å²) in [6, 6.07) is 12.4. The molecular weight excluding hydrogens is 466 g/mol. The van der Waals surface area contributed by atoms with Crippen molar-refractivity contribution in [2.75, 3.05) is 30.4 Å². The molecule has 9 heteroatoms. The largest absolute Gasteiger partial charge is 0.495 e. The van der Waals surface area contributed by atoms with Crippen LogP contribution in [0.25, 0.3) is 0 Å². The topological polar surface area (TPSA) is 96.0 Å². The third kappa shape index (κ3) is 4.54. The molecule has 8 nitrogen and oxygen atoms in total. The Morgan fingerprint density at radius 3 is 2.40 bits per heavy atom. The Bertz CT molecular complexity index is 1250. The first-order chi connectivity index (χ1) is 16.8. The van der Waals surface area contributed by atoms with E-state index in [0.29, 0.717) is 30.7 Å². The normalized spacial score (nSPS) is 21.0. The molecule has 1 saturated carbocycles. The quantitative estimate of drug-likeness (QED) is 0.660. The summed E-state index contributed by atoms with van der Waals surface area (Å²) < 4.78 is 33.5. The molecule has 0 aromatic heterocycles. The monoisotopic (exact) mass is 497 g/mol. The van der Waals surface area contributed by atoms with Gasteiger partial charge in [0.1, 0.15) is 5.75 Å². The molecule has 186 valence electrons. The van der Waals surface area contributed by atoms with Crippen molar-refractivity contribution in [1.29, 1.82) is 0 Å². The Hall–Kier alpha value is -2.91. The van der Waals surface area contributed by atoms with Gasteiger partial charge in [0.25, 0.3) is 0 Å². The molecule has 1 unspecified atom stereocenters. The minimum Gasteiger partial charge on any atom is -0.495 e. The first kappa shape index (κ1) is 23.8. The van der Waals surface area contributed by atoms with Crippen LogP contribution in [0.15, 0.2) is 47.4 Å². The van der Waals surface area contributed by atoms with Gasteiger partial charge in [0, 0.05) is 36.7 Å². The second-order valence-electron chi connectivity index (χ2n) is 9.69. The van der Waals surface area contributed by atoms with E-state index in [2.05, 4.69) is 5.32 Å². The van der Waals surface area contributed by atoms with Crippen molar-refractivity contribution in [3.63, 3.8) is 0 Å². The minimum absolute atomic E-state index is 0.0357. The lowest BCUT2D eigenvalue weighted by molar-refractivity contribution is -0.121. The Labute approximate surface area is 206 Å². The van der Waals surface area contributed by atoms with Crippen LogP contribution in [0.1, 0.15) is 38.2 Å². The number of piperidine rings is 1. The summed E-state index contributed by atoms with van der Waals surface area (Å²) in [4.78, 5) is 27.6. The number of nitrogens with one attached hydrogen (secondary N) is 1. The molecule has 3 aliphatic rings. The van der Waals surface area contributed by atoms with E-state index in [4.69, 9.17) is 4.74 Å². The van der Waals surface area contributed by atoms with Crippen LogP contribution < -0.4 is 15.0 Å². The van der Waals surface area contributed by atoms with Gasteiger partial charge < -0.3 is 15.0 Å². The van der Waals surface area contributed by atoms with Gasteiger partial charge in [0.05, 0.1) is 17.7 Å². The molecule has 1 atom stereocenters. The molecule has 1 saturated heterocycles. The molecule has 2 aliphatic heterocycles. The summed E-state index contributed by atoms with van der Waals surface area (Å²) in [7, 11) is -2.13. The highest BCUT2D eigenvalue weighted by Crippen LogP contribution is 2.40. The Kier molecular flexibility index (Phi) is 6.31. The van der Waals surface area contributed by atoms with Gasteiger partial charge in [-0.2, -0.15) is 4.31 Å². The van der Waals surface area contributed by atoms with Gasteiger partial charge in [-0.3, -0.25) is 9.59 Å². The van der Waals surface area contributed by atoms with Crippen molar-refractivity contribution < 1.29 is 22.7 Å². The number of amides is 2. The lowest BCUT2D eigenvalue weighted by atomic mass is 9.97. The maximum atomic E-state index is 13.4. The number of para-hydroxylation sites is 2. The molecule has 1 aliphatic carbocycles. The van der Waals surface area contributed by atoms with Gasteiger partial charge in [-0.05, 0) is 74.9 Å². The molecule has 1 N–H and O–H groups in total. The van der Waals surface area contributed by atoms with Crippen LogP contribution in [0.4, 0.5) is 11.4 Å². The second-order valence-corrected chi connectivity index (χ2v) is 11.6. The van der Waals surface area contributed by atoms with Crippen molar-refractivity contribution in [1.82, 2.24) is 4.31 Å². The lowest BCUT2D eigenvalue weighted by Gasteiger charge is -2.30. The van der Waals surface area contributed by atoms with Crippen LogP contribution in [0.2, 0.25) is 0 Å². The number of hydrogen-bond acceptors (Lipinski definition) is 5. The minimum atomic E-state index is -3.68. The highest BCUT2D eigenvalue weighted by molar-refractivity contribution is 7.89. The SMILES string of the molecule is COc1ccccc1NC(=O)C1CCN(S(=O)(=O)c2ccc3c(c2)CC(C)N3C(=O)C2CC2)CC1. The fourth-order valence-electron chi connectivity index (χ4n) is 5.12. The molecule has 2 heterocycles. The van der Waals surface area contributed by atoms with Gasteiger partial charge in [0.15, 0.2) is 0 Å². The van der Waals surface area contributed by atoms with Crippen LogP contribution in [-0.2, 0) is 26.0 Å². The molecule has 2 amide bonds. The standard InChI is InChI=1S/C26H31N3O5S/c1-17-15-20-16-21(9-10-23(20)29(17)26(31)19-7-8-19)35(32,33)28-13-11-18(12-14-28)25(30)27-22-5-3-4-6-24(22)34-2/h3-6,9-10,16-19H,7-8,11-15H2,1-2H3,(H,27,30). The maximum Gasteiger partial charge on any atom is 0.243 e. The highest BCUT2D eigenvalue weighted by atomic mass is 32.2. The third-order valence-corrected chi connectivity index (χ3v) is 9.15. The lowest BCUT2D eigenvalue weighted by Crippen LogP contribution is -2.41. The summed E-state index contributed by atoms with van der Waals surface area (Å²) >= 11 is 0. The number of anilines is 2. The van der Waals surface area contributed by atoms with Crippen LogP contribution >= 0.6 is 0 Å². The fraction of sp³-hybridized carbons (Fsp3) is 0.462. The molecule has 2 aromatic rings. The first-order valence-electron chi connectivity index (χ1n) is 12.2. The molecule has 5 rings (SSSR count). The zero-order valence-corrected chi connectivity index (χ0v) is 20.9. The van der Waals surface area contributed by atoms with Gasteiger partial charge in [-0.15, -0.1) is 0 Å². The fourth-order valence-corrected chi connectivity index (χ4v) is 6.64. The average Bonchev–Trinajstić information content (AvgIpc) is 3.66. The van der Waals surface area contributed by atoms with Crippen molar-refractivity contribution in [3.05, 3.63) is 48.0 Å². The number of fused-ring (bicyclic) bond motifs is 1. The van der Waals surface area contributed by atoms with E-state index in [1.807, 2.05) is 24.0 Å². The molecule has 2 fully saturated rings. The molecule has 0 bridgehead atoms. The Morgan fingerprint density at radius 2 is 1.71 bits per heavy atom. The highest BCUT2D eigenvalue weighted by Gasteiger charge is 2.40. The predicted octanol–water partition coefficient (Wildman–Crippen LogP) is 3.42. The van der Waals surface area contributed by atoms with Crippen LogP contribution in [-0.4, -0.2) is 50.8 Å². The Morgan fingerprint density at radius 1 is 1.00 bits per heavy atom. The number of hydrogen-bond donors (Lipinski definition) is 1. The van der Waals surface area contributed by atoms with Gasteiger partial charge >= 0.3 is 0 Å². The maximum absolute atomic E-state index is 13.4. The number of sulfonamides is 1. The van der Waals surface area contributed by atoms with Crippen LogP contribution in [0, 0.1) is 11.8 Å². The van der Waals surface area contributed by atoms with Gasteiger partial charge in [-0.1, -0.05) is 12.1 Å². The van der Waals surface area contributed by atoms with Crippen molar-refractivity contribution in [2.24, 2.45) is 11.8 Å². The van der Waals surface area contributed by atoms with Gasteiger partial charge in [-0.25, -0.2) is 8.42 Å². The zero-order chi connectivity index (χ0) is 24.7. The number of rotatable bonds is 6. The molecule has 35 heavy (non-hydrogen) atoms. The number of benzene rings is 2. The first-order valence-corrected chi connectivity index (χ1v) is 13.6. The Balaban J connectivity index is 1.25. The van der Waals surface area contributed by atoms with Crippen molar-refractivity contribution >= 4 is 33.2 Å². The molecule has 0 spiro atoms. The van der Waals surface area contributed by atoms with E-state index in [9.17, 15) is 18.0 Å². The molecule has 2 aromatic carbocycles. The molecular formula is C26H31N3O5S. The summed E-state index contributed by atoms with van der Waals surface area (Å²) in [5.74, 6) is 0.463. The third-order valence-electron chi connectivity index (χ3n) is 7.26. The van der Waals surface area contributed by atoms with E-state index in [0.717, 1.165) is 24.1 Å². The van der Waals surface area contributed by atoms with Crippen LogP contribution in [0.5, 0.6) is 5.75 Å². The van der Waals surface area contributed by atoms with E-state index < -0.39 is 10.0 Å². The van der Waals surface area contributed by atoms with E-state index in [1.54, 1.807) is 37.4 Å². The summed E-state index contributed by atoms with van der Waals surface area (Å²) in [6.45, 7) is 2.58. The number of carbonyl (C=O) groups excluding carboxylic acids is 2. The number of methoxy groups -OCH3 is 1. The van der Waals surface area contributed by atoms with Gasteiger partial charge in [0.2, 0.25) is 21.8 Å². The zero-order valence-electron chi connectivity index (χ0n) is 20.1. The second kappa shape index (κ2) is 9.28.